The Kier molecular flexibility index (Phi) is 4.34. The van der Waals surface area contributed by atoms with Crippen LogP contribution in [0.5, 0.6) is 0 Å². The van der Waals surface area contributed by atoms with Crippen molar-refractivity contribution in [2.45, 2.75) is 13.0 Å². The summed E-state index contributed by atoms with van der Waals surface area (Å²) in [6.07, 6.45) is 4.87. The first-order valence-electron chi connectivity index (χ1n) is 9.09. The Hall–Kier alpha value is -2.14. The molecule has 5 heteroatoms. The van der Waals surface area contributed by atoms with Gasteiger partial charge in [0.05, 0.1) is 11.8 Å². The molecule has 1 aromatic carbocycles. The van der Waals surface area contributed by atoms with Crippen LogP contribution in [-0.2, 0) is 16.1 Å². The van der Waals surface area contributed by atoms with Crippen LogP contribution in [0.3, 0.4) is 0 Å². The standard InChI is InChI=1S/C20H24N2O3/c23-19(17-15-6-7-16(12-15)18(17)20(24)25)22-10-8-21(9-11-22)13-14-4-2-1-3-5-14/h1-7,15-18H,8-13H2,(H,24,25)/t15-,16-,17+,18+/m0/s1. The van der Waals surface area contributed by atoms with E-state index in [1.165, 1.54) is 5.56 Å². The van der Waals surface area contributed by atoms with Crippen LogP contribution < -0.4 is 0 Å². The SMILES string of the molecule is O=C(O)[C@H]1[C@H](C(=O)N2CCN(Cc3ccccc3)CC2)[C@H]2C=C[C@H]1C2. The summed E-state index contributed by atoms with van der Waals surface area (Å²) in [5, 5.41) is 9.55. The summed E-state index contributed by atoms with van der Waals surface area (Å²) < 4.78 is 0. The minimum atomic E-state index is -0.821. The van der Waals surface area contributed by atoms with E-state index in [-0.39, 0.29) is 23.7 Å². The van der Waals surface area contributed by atoms with Crippen LogP contribution >= 0.6 is 0 Å². The average Bonchev–Trinajstić information content (AvgIpc) is 3.24. The number of carbonyl (C=O) groups excluding carboxylic acids is 1. The van der Waals surface area contributed by atoms with E-state index in [2.05, 4.69) is 23.1 Å². The number of piperazine rings is 1. The first-order valence-corrected chi connectivity index (χ1v) is 9.09. The van der Waals surface area contributed by atoms with Crippen molar-refractivity contribution in [1.82, 2.24) is 9.80 Å². The molecule has 1 amide bonds. The van der Waals surface area contributed by atoms with Gasteiger partial charge in [0.1, 0.15) is 0 Å². The second-order valence-corrected chi connectivity index (χ2v) is 7.43. The summed E-state index contributed by atoms with van der Waals surface area (Å²) >= 11 is 0. The number of fused-ring (bicyclic) bond motifs is 2. The average molecular weight is 340 g/mol. The third kappa shape index (κ3) is 3.09. The van der Waals surface area contributed by atoms with E-state index in [4.69, 9.17) is 0 Å². The largest absolute Gasteiger partial charge is 0.481 e. The van der Waals surface area contributed by atoms with E-state index in [0.29, 0.717) is 13.1 Å². The fraction of sp³-hybridized carbons (Fsp3) is 0.500. The highest BCUT2D eigenvalue weighted by Crippen LogP contribution is 2.48. The molecule has 0 radical (unpaired) electrons. The number of carboxylic acid groups (broad SMARTS) is 1. The van der Waals surface area contributed by atoms with Crippen molar-refractivity contribution in [1.29, 1.82) is 0 Å². The van der Waals surface area contributed by atoms with Crippen LogP contribution in [0.2, 0.25) is 0 Å². The number of aliphatic carboxylic acids is 1. The van der Waals surface area contributed by atoms with Crippen molar-refractivity contribution in [3.05, 3.63) is 48.0 Å². The van der Waals surface area contributed by atoms with Crippen molar-refractivity contribution >= 4 is 11.9 Å². The van der Waals surface area contributed by atoms with Gasteiger partial charge in [-0.3, -0.25) is 14.5 Å². The number of rotatable bonds is 4. The fourth-order valence-electron chi connectivity index (χ4n) is 4.67. The lowest BCUT2D eigenvalue weighted by Crippen LogP contribution is -2.52. The number of carbonyl (C=O) groups is 2. The van der Waals surface area contributed by atoms with Crippen LogP contribution in [0.25, 0.3) is 0 Å². The zero-order valence-electron chi connectivity index (χ0n) is 14.3. The summed E-state index contributed by atoms with van der Waals surface area (Å²) in [7, 11) is 0. The van der Waals surface area contributed by atoms with Crippen molar-refractivity contribution in [2.24, 2.45) is 23.7 Å². The Balaban J connectivity index is 1.37. The van der Waals surface area contributed by atoms with Gasteiger partial charge in [-0.15, -0.1) is 0 Å². The summed E-state index contributed by atoms with van der Waals surface area (Å²) in [5.74, 6) is -1.53. The minimum Gasteiger partial charge on any atom is -0.481 e. The fourth-order valence-corrected chi connectivity index (χ4v) is 4.67. The molecule has 1 saturated heterocycles. The number of nitrogens with zero attached hydrogens (tertiary/aromatic N) is 2. The maximum atomic E-state index is 13.0. The zero-order valence-corrected chi connectivity index (χ0v) is 14.3. The molecule has 132 valence electrons. The third-order valence-electron chi connectivity index (χ3n) is 5.96. The molecule has 1 saturated carbocycles. The lowest BCUT2D eigenvalue weighted by atomic mass is 9.82. The van der Waals surface area contributed by atoms with Crippen molar-refractivity contribution in [3.8, 4) is 0 Å². The summed E-state index contributed by atoms with van der Waals surface area (Å²) in [6, 6.07) is 10.4. The topological polar surface area (TPSA) is 60.9 Å². The second kappa shape index (κ2) is 6.64. The molecule has 2 bridgehead atoms. The van der Waals surface area contributed by atoms with E-state index in [9.17, 15) is 14.7 Å². The van der Waals surface area contributed by atoms with Gasteiger partial charge in [0.25, 0.3) is 0 Å². The molecule has 1 heterocycles. The van der Waals surface area contributed by atoms with Crippen LogP contribution in [-0.4, -0.2) is 53.0 Å². The predicted octanol–water partition coefficient (Wildman–Crippen LogP) is 1.85. The Labute approximate surface area is 147 Å². The minimum absolute atomic E-state index is 0.0378. The third-order valence-corrected chi connectivity index (χ3v) is 5.96. The molecule has 1 aliphatic heterocycles. The molecule has 3 aliphatic rings. The number of benzene rings is 1. The molecule has 2 aliphatic carbocycles. The monoisotopic (exact) mass is 340 g/mol. The molecule has 0 aromatic heterocycles. The van der Waals surface area contributed by atoms with Gasteiger partial charge < -0.3 is 10.0 Å². The molecule has 0 unspecified atom stereocenters. The molecule has 2 fully saturated rings. The molecule has 5 nitrogen and oxygen atoms in total. The molecule has 0 spiro atoms. The first-order chi connectivity index (χ1) is 12.1. The van der Waals surface area contributed by atoms with Gasteiger partial charge in [0.15, 0.2) is 0 Å². The van der Waals surface area contributed by atoms with Gasteiger partial charge >= 0.3 is 5.97 Å². The van der Waals surface area contributed by atoms with Crippen molar-refractivity contribution in [2.75, 3.05) is 26.2 Å². The summed E-state index contributed by atoms with van der Waals surface area (Å²) in [6.45, 7) is 3.97. The first kappa shape index (κ1) is 16.3. The van der Waals surface area contributed by atoms with Gasteiger partial charge in [-0.1, -0.05) is 42.5 Å². The van der Waals surface area contributed by atoms with E-state index in [1.807, 2.05) is 29.2 Å². The van der Waals surface area contributed by atoms with Crippen LogP contribution in [0.15, 0.2) is 42.5 Å². The van der Waals surface area contributed by atoms with Gasteiger partial charge in [0.2, 0.25) is 5.91 Å². The number of hydrogen-bond donors (Lipinski definition) is 1. The molecule has 1 N–H and O–H groups in total. The highest BCUT2D eigenvalue weighted by atomic mass is 16.4. The van der Waals surface area contributed by atoms with Gasteiger partial charge in [0, 0.05) is 32.7 Å². The van der Waals surface area contributed by atoms with E-state index in [0.717, 1.165) is 26.1 Å². The van der Waals surface area contributed by atoms with Crippen LogP contribution in [0, 0.1) is 23.7 Å². The van der Waals surface area contributed by atoms with Crippen LogP contribution in [0.4, 0.5) is 0 Å². The summed E-state index contributed by atoms with van der Waals surface area (Å²) in [5.41, 5.74) is 1.28. The van der Waals surface area contributed by atoms with Gasteiger partial charge in [-0.25, -0.2) is 0 Å². The lowest BCUT2D eigenvalue weighted by molar-refractivity contribution is -0.151. The Morgan fingerprint density at radius 2 is 1.60 bits per heavy atom. The smallest absolute Gasteiger partial charge is 0.307 e. The Morgan fingerprint density at radius 1 is 0.960 bits per heavy atom. The van der Waals surface area contributed by atoms with Gasteiger partial charge in [-0.05, 0) is 23.8 Å². The van der Waals surface area contributed by atoms with Gasteiger partial charge in [-0.2, -0.15) is 0 Å². The normalized spacial score (nSPS) is 31.4. The number of amides is 1. The lowest BCUT2D eigenvalue weighted by Gasteiger charge is -2.37. The van der Waals surface area contributed by atoms with E-state index < -0.39 is 11.9 Å². The Bertz CT molecular complexity index is 679. The maximum absolute atomic E-state index is 13.0. The molecular formula is C20H24N2O3. The second-order valence-electron chi connectivity index (χ2n) is 7.43. The molecule has 4 rings (SSSR count). The zero-order chi connectivity index (χ0) is 17.4. The van der Waals surface area contributed by atoms with E-state index >= 15 is 0 Å². The number of carboxylic acids is 1. The maximum Gasteiger partial charge on any atom is 0.307 e. The van der Waals surface area contributed by atoms with Crippen molar-refractivity contribution in [3.63, 3.8) is 0 Å². The quantitative estimate of drug-likeness (QED) is 0.850. The van der Waals surface area contributed by atoms with E-state index in [1.54, 1.807) is 0 Å². The Morgan fingerprint density at radius 3 is 2.24 bits per heavy atom. The summed E-state index contributed by atoms with van der Waals surface area (Å²) in [4.78, 5) is 28.9. The highest BCUT2D eigenvalue weighted by Gasteiger charge is 2.52. The molecule has 4 atom stereocenters. The molecule has 25 heavy (non-hydrogen) atoms. The van der Waals surface area contributed by atoms with Crippen molar-refractivity contribution < 1.29 is 14.7 Å². The molecule has 1 aromatic rings. The van der Waals surface area contributed by atoms with Crippen LogP contribution in [0.1, 0.15) is 12.0 Å². The predicted molar refractivity (Wildman–Crippen MR) is 93.7 cm³/mol. The molecular weight excluding hydrogens is 316 g/mol. The number of hydrogen-bond acceptors (Lipinski definition) is 3. The highest BCUT2D eigenvalue weighted by molar-refractivity contribution is 5.87. The number of allylic oxidation sites excluding steroid dienone is 2.